The fourth-order valence-corrected chi connectivity index (χ4v) is 2.56. The van der Waals surface area contributed by atoms with Crippen molar-refractivity contribution in [3.8, 4) is 5.75 Å². The van der Waals surface area contributed by atoms with Crippen LogP contribution in [0, 0.1) is 6.92 Å². The zero-order chi connectivity index (χ0) is 11.5. The minimum Gasteiger partial charge on any atom is -0.494 e. The van der Waals surface area contributed by atoms with Gasteiger partial charge in [0.2, 0.25) is 0 Å². The smallest absolute Gasteiger partial charge is 0.122 e. The molecule has 1 unspecified atom stereocenters. The van der Waals surface area contributed by atoms with Gasteiger partial charge >= 0.3 is 0 Å². The Bertz CT molecular complexity index is 371. The van der Waals surface area contributed by atoms with Crippen LogP contribution in [0.3, 0.4) is 0 Å². The maximum Gasteiger partial charge on any atom is 0.122 e. The molecule has 2 nitrogen and oxygen atoms in total. The average Bonchev–Trinajstić information content (AvgIpc) is 2.46. The number of fused-ring (bicyclic) bond motifs is 1. The molecule has 16 heavy (non-hydrogen) atoms. The third-order valence-corrected chi connectivity index (χ3v) is 3.32. The van der Waals surface area contributed by atoms with Crippen molar-refractivity contribution >= 4 is 0 Å². The van der Waals surface area contributed by atoms with Crippen LogP contribution in [0.25, 0.3) is 0 Å². The first-order valence-electron chi connectivity index (χ1n) is 6.17. The van der Waals surface area contributed by atoms with E-state index in [0.29, 0.717) is 6.61 Å². The van der Waals surface area contributed by atoms with Gasteiger partial charge in [-0.25, -0.2) is 0 Å². The number of benzene rings is 1. The quantitative estimate of drug-likeness (QED) is 0.776. The molecule has 0 spiro atoms. The molecule has 1 aliphatic carbocycles. The molecule has 0 amide bonds. The third kappa shape index (κ3) is 2.07. The van der Waals surface area contributed by atoms with Crippen molar-refractivity contribution in [2.45, 2.75) is 45.6 Å². The van der Waals surface area contributed by atoms with E-state index in [4.69, 9.17) is 4.74 Å². The van der Waals surface area contributed by atoms with Gasteiger partial charge in [-0.15, -0.1) is 0 Å². The van der Waals surface area contributed by atoms with Crippen LogP contribution in [0.1, 0.15) is 49.0 Å². The van der Waals surface area contributed by atoms with Crippen LogP contribution in [-0.4, -0.2) is 11.7 Å². The predicted octanol–water partition coefficient (Wildman–Crippen LogP) is 3.15. The summed E-state index contributed by atoms with van der Waals surface area (Å²) in [5.74, 6) is 0.962. The fraction of sp³-hybridized carbons (Fsp3) is 0.571. The van der Waals surface area contributed by atoms with Gasteiger partial charge in [0.15, 0.2) is 0 Å². The summed E-state index contributed by atoms with van der Waals surface area (Å²) in [6, 6.07) is 4.09. The van der Waals surface area contributed by atoms with Crippen molar-refractivity contribution in [1.82, 2.24) is 0 Å². The van der Waals surface area contributed by atoms with Crippen LogP contribution in [0.5, 0.6) is 5.75 Å². The second-order valence-corrected chi connectivity index (χ2v) is 4.47. The Morgan fingerprint density at radius 3 is 2.94 bits per heavy atom. The molecule has 1 aromatic rings. The number of hydrogen-bond acceptors (Lipinski definition) is 2. The molecule has 2 heteroatoms. The number of aliphatic hydroxyl groups excluding tert-OH is 1. The van der Waals surface area contributed by atoms with Crippen molar-refractivity contribution in [1.29, 1.82) is 0 Å². The molecule has 1 N–H and O–H groups in total. The number of ether oxygens (including phenoxy) is 1. The molecule has 0 saturated heterocycles. The van der Waals surface area contributed by atoms with Gasteiger partial charge in [0.25, 0.3) is 0 Å². The molecule has 88 valence electrons. The second kappa shape index (κ2) is 4.88. The molecule has 1 aliphatic rings. The highest BCUT2D eigenvalue weighted by molar-refractivity contribution is 5.46. The summed E-state index contributed by atoms with van der Waals surface area (Å²) in [5, 5.41) is 10.2. The Balaban J connectivity index is 2.48. The lowest BCUT2D eigenvalue weighted by Crippen LogP contribution is -2.05. The molecule has 1 atom stereocenters. The summed E-state index contributed by atoms with van der Waals surface area (Å²) in [5.41, 5.74) is 3.53. The molecule has 0 heterocycles. The van der Waals surface area contributed by atoms with E-state index in [9.17, 15) is 5.11 Å². The molecule has 2 rings (SSSR count). The van der Waals surface area contributed by atoms with Gasteiger partial charge in [0, 0.05) is 5.56 Å². The first-order chi connectivity index (χ1) is 7.74. The molecular formula is C14H20O2. The van der Waals surface area contributed by atoms with Crippen LogP contribution in [0.4, 0.5) is 0 Å². The Labute approximate surface area is 97.3 Å². The summed E-state index contributed by atoms with van der Waals surface area (Å²) in [6.45, 7) is 4.76. The summed E-state index contributed by atoms with van der Waals surface area (Å²) in [6.07, 6.45) is 3.85. The Morgan fingerprint density at radius 1 is 1.38 bits per heavy atom. The molecule has 1 aromatic carbocycles. The van der Waals surface area contributed by atoms with Gasteiger partial charge in [0.05, 0.1) is 12.7 Å². The van der Waals surface area contributed by atoms with Crippen molar-refractivity contribution in [2.24, 2.45) is 0 Å². The van der Waals surface area contributed by atoms with Gasteiger partial charge in [-0.05, 0) is 50.3 Å². The van der Waals surface area contributed by atoms with Crippen molar-refractivity contribution in [3.05, 3.63) is 28.8 Å². The van der Waals surface area contributed by atoms with E-state index in [1.807, 2.05) is 13.0 Å². The molecular weight excluding hydrogens is 200 g/mol. The topological polar surface area (TPSA) is 29.5 Å². The van der Waals surface area contributed by atoms with Crippen molar-refractivity contribution < 1.29 is 9.84 Å². The molecule has 0 saturated carbocycles. The van der Waals surface area contributed by atoms with Crippen LogP contribution in [-0.2, 0) is 6.42 Å². The standard InChI is InChI=1S/C14H20O2/c1-3-16-13-9-8-10(2)14-11(13)6-4-5-7-12(14)15/h8-9,12,15H,3-7H2,1-2H3. The molecule has 0 aromatic heterocycles. The minimum atomic E-state index is -0.307. The largest absolute Gasteiger partial charge is 0.494 e. The molecule has 0 radical (unpaired) electrons. The van der Waals surface area contributed by atoms with E-state index in [1.54, 1.807) is 0 Å². The van der Waals surface area contributed by atoms with E-state index in [0.717, 1.165) is 37.0 Å². The predicted molar refractivity (Wildman–Crippen MR) is 64.9 cm³/mol. The van der Waals surface area contributed by atoms with Crippen molar-refractivity contribution in [3.63, 3.8) is 0 Å². The van der Waals surface area contributed by atoms with Crippen LogP contribution in [0.2, 0.25) is 0 Å². The highest BCUT2D eigenvalue weighted by Crippen LogP contribution is 2.36. The maximum absolute atomic E-state index is 10.2. The Morgan fingerprint density at radius 2 is 2.19 bits per heavy atom. The Hall–Kier alpha value is -1.02. The molecule has 0 aliphatic heterocycles. The van der Waals surface area contributed by atoms with Crippen LogP contribution >= 0.6 is 0 Å². The van der Waals surface area contributed by atoms with Crippen LogP contribution < -0.4 is 4.74 Å². The molecule has 0 fully saturated rings. The van der Waals surface area contributed by atoms with Crippen molar-refractivity contribution in [2.75, 3.05) is 6.61 Å². The number of aryl methyl sites for hydroxylation is 1. The molecule has 0 bridgehead atoms. The van der Waals surface area contributed by atoms with E-state index in [2.05, 4.69) is 13.0 Å². The van der Waals surface area contributed by atoms with Gasteiger partial charge in [-0.3, -0.25) is 0 Å². The summed E-state index contributed by atoms with van der Waals surface area (Å²) in [4.78, 5) is 0. The lowest BCUT2D eigenvalue weighted by molar-refractivity contribution is 0.165. The third-order valence-electron chi connectivity index (χ3n) is 3.32. The monoisotopic (exact) mass is 220 g/mol. The van der Waals surface area contributed by atoms with Gasteiger partial charge in [-0.2, -0.15) is 0 Å². The maximum atomic E-state index is 10.2. The summed E-state index contributed by atoms with van der Waals surface area (Å²) < 4.78 is 5.65. The first kappa shape index (κ1) is 11.5. The highest BCUT2D eigenvalue weighted by atomic mass is 16.5. The normalized spacial score (nSPS) is 20.1. The van der Waals surface area contributed by atoms with E-state index >= 15 is 0 Å². The highest BCUT2D eigenvalue weighted by Gasteiger charge is 2.21. The fourth-order valence-electron chi connectivity index (χ4n) is 2.56. The number of aliphatic hydroxyl groups is 1. The van der Waals surface area contributed by atoms with Gasteiger partial charge in [0.1, 0.15) is 5.75 Å². The average molecular weight is 220 g/mol. The van der Waals surface area contributed by atoms with E-state index in [-0.39, 0.29) is 6.10 Å². The van der Waals surface area contributed by atoms with E-state index < -0.39 is 0 Å². The first-order valence-corrected chi connectivity index (χ1v) is 6.17. The SMILES string of the molecule is CCOc1ccc(C)c2c1CCCCC2O. The second-order valence-electron chi connectivity index (χ2n) is 4.47. The lowest BCUT2D eigenvalue weighted by atomic mass is 9.95. The minimum absolute atomic E-state index is 0.307. The zero-order valence-electron chi connectivity index (χ0n) is 10.1. The number of hydrogen-bond donors (Lipinski definition) is 1. The summed E-state index contributed by atoms with van der Waals surface area (Å²) in [7, 11) is 0. The Kier molecular flexibility index (Phi) is 3.49. The zero-order valence-corrected chi connectivity index (χ0v) is 10.1. The van der Waals surface area contributed by atoms with Gasteiger partial charge < -0.3 is 9.84 Å². The lowest BCUT2D eigenvalue weighted by Gasteiger charge is -2.18. The van der Waals surface area contributed by atoms with Crippen LogP contribution in [0.15, 0.2) is 12.1 Å². The van der Waals surface area contributed by atoms with E-state index in [1.165, 1.54) is 11.1 Å². The summed E-state index contributed by atoms with van der Waals surface area (Å²) >= 11 is 0. The van der Waals surface area contributed by atoms with Gasteiger partial charge in [-0.1, -0.05) is 12.5 Å². The number of rotatable bonds is 2.